The molecule has 0 bridgehead atoms. The number of aromatic nitrogens is 2. The number of pyridine rings is 2. The predicted molar refractivity (Wildman–Crippen MR) is 50.9 cm³/mol. The van der Waals surface area contributed by atoms with Gasteiger partial charge in [0.05, 0.1) is 5.52 Å². The van der Waals surface area contributed by atoms with Gasteiger partial charge in [0.25, 0.3) is 0 Å². The smallest absolute Gasteiger partial charge is 0.354 e. The summed E-state index contributed by atoms with van der Waals surface area (Å²) in [6.45, 7) is 0. The van der Waals surface area contributed by atoms with E-state index in [1.807, 2.05) is 0 Å². The number of hydrogen-bond donors (Lipinski definition) is 2. The molecule has 0 saturated heterocycles. The lowest BCUT2D eigenvalue weighted by molar-refractivity contribution is 0.0691. The maximum absolute atomic E-state index is 10.6. The summed E-state index contributed by atoms with van der Waals surface area (Å²) < 4.78 is 0. The molecule has 0 spiro atoms. The maximum Gasteiger partial charge on any atom is 0.354 e. The van der Waals surface area contributed by atoms with Crippen LogP contribution in [-0.4, -0.2) is 21.0 Å². The minimum atomic E-state index is -1.05. The summed E-state index contributed by atoms with van der Waals surface area (Å²) in [5.41, 5.74) is 5.99. The first-order valence-electron chi connectivity index (χ1n) is 3.92. The Hall–Kier alpha value is -2.17. The van der Waals surface area contributed by atoms with Crippen molar-refractivity contribution in [3.05, 3.63) is 30.1 Å². The van der Waals surface area contributed by atoms with E-state index in [-0.39, 0.29) is 5.69 Å². The van der Waals surface area contributed by atoms with Crippen LogP contribution in [0.25, 0.3) is 10.9 Å². The Morgan fingerprint density at radius 2 is 2.21 bits per heavy atom. The van der Waals surface area contributed by atoms with Gasteiger partial charge in [0.1, 0.15) is 11.5 Å². The molecular weight excluding hydrogens is 182 g/mol. The van der Waals surface area contributed by atoms with Crippen molar-refractivity contribution in [1.82, 2.24) is 9.97 Å². The number of fused-ring (bicyclic) bond motifs is 1. The standard InChI is InChI=1S/C9H7N3O2/c10-8-3-7-5(4-11-8)1-2-6(12-7)9(13)14/h1-4H,(H2,10,11)(H,13,14). The number of anilines is 1. The van der Waals surface area contributed by atoms with Gasteiger partial charge in [-0.05, 0) is 12.1 Å². The Labute approximate surface area is 79.2 Å². The van der Waals surface area contributed by atoms with Gasteiger partial charge in [-0.3, -0.25) is 0 Å². The summed E-state index contributed by atoms with van der Waals surface area (Å²) in [7, 11) is 0. The minimum absolute atomic E-state index is 0.00287. The second kappa shape index (κ2) is 2.95. The van der Waals surface area contributed by atoms with E-state index in [0.717, 1.165) is 5.39 Å². The molecule has 2 aromatic rings. The molecule has 3 N–H and O–H groups in total. The number of carboxylic acids is 1. The molecule has 0 atom stereocenters. The molecule has 0 aromatic carbocycles. The van der Waals surface area contributed by atoms with Gasteiger partial charge in [-0.2, -0.15) is 0 Å². The Morgan fingerprint density at radius 1 is 1.43 bits per heavy atom. The molecule has 0 aliphatic heterocycles. The van der Waals surface area contributed by atoms with Crippen LogP contribution in [0.1, 0.15) is 10.5 Å². The van der Waals surface area contributed by atoms with E-state index in [0.29, 0.717) is 11.3 Å². The summed E-state index contributed by atoms with van der Waals surface area (Å²) in [5.74, 6) is -0.727. The van der Waals surface area contributed by atoms with Crippen LogP contribution >= 0.6 is 0 Å². The van der Waals surface area contributed by atoms with Gasteiger partial charge in [-0.1, -0.05) is 0 Å². The van der Waals surface area contributed by atoms with Crippen LogP contribution in [0.4, 0.5) is 5.82 Å². The van der Waals surface area contributed by atoms with Crippen LogP contribution in [0.3, 0.4) is 0 Å². The minimum Gasteiger partial charge on any atom is -0.477 e. The van der Waals surface area contributed by atoms with Crippen molar-refractivity contribution >= 4 is 22.7 Å². The fourth-order valence-electron chi connectivity index (χ4n) is 1.15. The number of nitrogens with two attached hydrogens (primary N) is 1. The Balaban J connectivity index is 2.69. The molecule has 14 heavy (non-hydrogen) atoms. The highest BCUT2D eigenvalue weighted by Gasteiger charge is 2.05. The normalized spacial score (nSPS) is 10.3. The predicted octanol–water partition coefficient (Wildman–Crippen LogP) is 0.910. The lowest BCUT2D eigenvalue weighted by Gasteiger charge is -1.99. The fourth-order valence-corrected chi connectivity index (χ4v) is 1.15. The zero-order chi connectivity index (χ0) is 10.1. The van der Waals surface area contributed by atoms with Crippen LogP contribution in [0.5, 0.6) is 0 Å². The van der Waals surface area contributed by atoms with Crippen LogP contribution in [-0.2, 0) is 0 Å². The van der Waals surface area contributed by atoms with Crippen LogP contribution in [0, 0.1) is 0 Å². The third-order valence-electron chi connectivity index (χ3n) is 1.81. The fraction of sp³-hybridized carbons (Fsp3) is 0. The SMILES string of the molecule is Nc1cc2nc(C(=O)O)ccc2cn1. The van der Waals surface area contributed by atoms with Gasteiger partial charge in [0.2, 0.25) is 0 Å². The molecule has 70 valence electrons. The van der Waals surface area contributed by atoms with Crippen molar-refractivity contribution in [2.24, 2.45) is 0 Å². The number of aromatic carboxylic acids is 1. The average Bonchev–Trinajstić information content (AvgIpc) is 2.16. The van der Waals surface area contributed by atoms with Gasteiger partial charge < -0.3 is 10.8 Å². The quantitative estimate of drug-likeness (QED) is 0.695. The van der Waals surface area contributed by atoms with Gasteiger partial charge in [0.15, 0.2) is 0 Å². The summed E-state index contributed by atoms with van der Waals surface area (Å²) in [6.07, 6.45) is 1.56. The number of carbonyl (C=O) groups is 1. The van der Waals surface area contributed by atoms with E-state index in [1.54, 1.807) is 18.3 Å². The monoisotopic (exact) mass is 189 g/mol. The maximum atomic E-state index is 10.6. The highest BCUT2D eigenvalue weighted by atomic mass is 16.4. The lowest BCUT2D eigenvalue weighted by atomic mass is 10.2. The van der Waals surface area contributed by atoms with E-state index in [2.05, 4.69) is 9.97 Å². The van der Waals surface area contributed by atoms with Crippen LogP contribution < -0.4 is 5.73 Å². The summed E-state index contributed by atoms with van der Waals surface area (Å²) in [6, 6.07) is 4.63. The average molecular weight is 189 g/mol. The zero-order valence-corrected chi connectivity index (χ0v) is 7.14. The first-order valence-corrected chi connectivity index (χ1v) is 3.92. The van der Waals surface area contributed by atoms with Gasteiger partial charge in [-0.25, -0.2) is 14.8 Å². The number of hydrogen-bond acceptors (Lipinski definition) is 4. The Kier molecular flexibility index (Phi) is 1.78. The molecule has 0 saturated carbocycles. The van der Waals surface area contributed by atoms with Crippen molar-refractivity contribution in [3.8, 4) is 0 Å². The van der Waals surface area contributed by atoms with E-state index >= 15 is 0 Å². The molecule has 5 heteroatoms. The third kappa shape index (κ3) is 1.35. The second-order valence-electron chi connectivity index (χ2n) is 2.80. The molecule has 0 radical (unpaired) electrons. The number of nitrogen functional groups attached to an aromatic ring is 1. The number of nitrogens with zero attached hydrogens (tertiary/aromatic N) is 2. The summed E-state index contributed by atoms with van der Waals surface area (Å²) >= 11 is 0. The van der Waals surface area contributed by atoms with E-state index in [4.69, 9.17) is 10.8 Å². The molecule has 2 aromatic heterocycles. The second-order valence-corrected chi connectivity index (χ2v) is 2.80. The highest BCUT2D eigenvalue weighted by Crippen LogP contribution is 2.13. The van der Waals surface area contributed by atoms with Crippen LogP contribution in [0.2, 0.25) is 0 Å². The van der Waals surface area contributed by atoms with E-state index in [9.17, 15) is 4.79 Å². The molecule has 0 aliphatic carbocycles. The van der Waals surface area contributed by atoms with Gasteiger partial charge in [0, 0.05) is 17.6 Å². The van der Waals surface area contributed by atoms with Crippen molar-refractivity contribution in [1.29, 1.82) is 0 Å². The van der Waals surface area contributed by atoms with E-state index < -0.39 is 5.97 Å². The van der Waals surface area contributed by atoms with Gasteiger partial charge >= 0.3 is 5.97 Å². The van der Waals surface area contributed by atoms with Crippen molar-refractivity contribution in [2.45, 2.75) is 0 Å². The topological polar surface area (TPSA) is 89.1 Å². The number of carboxylic acid groups (broad SMARTS) is 1. The van der Waals surface area contributed by atoms with Gasteiger partial charge in [-0.15, -0.1) is 0 Å². The van der Waals surface area contributed by atoms with E-state index in [1.165, 1.54) is 6.07 Å². The number of rotatable bonds is 1. The molecule has 0 fully saturated rings. The Morgan fingerprint density at radius 3 is 2.93 bits per heavy atom. The van der Waals surface area contributed by atoms with Crippen molar-refractivity contribution < 1.29 is 9.90 Å². The molecule has 2 heterocycles. The summed E-state index contributed by atoms with van der Waals surface area (Å²) in [4.78, 5) is 18.4. The molecule has 2 rings (SSSR count). The third-order valence-corrected chi connectivity index (χ3v) is 1.81. The first-order chi connectivity index (χ1) is 6.66. The zero-order valence-electron chi connectivity index (χ0n) is 7.14. The summed E-state index contributed by atoms with van der Waals surface area (Å²) in [5, 5.41) is 9.47. The van der Waals surface area contributed by atoms with Crippen molar-refractivity contribution in [2.75, 3.05) is 5.73 Å². The van der Waals surface area contributed by atoms with Crippen molar-refractivity contribution in [3.63, 3.8) is 0 Å². The first kappa shape index (κ1) is 8.43. The molecule has 0 unspecified atom stereocenters. The largest absolute Gasteiger partial charge is 0.477 e. The molecular formula is C9H7N3O2. The van der Waals surface area contributed by atoms with Crippen LogP contribution in [0.15, 0.2) is 24.4 Å². The molecule has 0 amide bonds. The highest BCUT2D eigenvalue weighted by molar-refractivity contribution is 5.89. The molecule has 0 aliphatic rings. The lowest BCUT2D eigenvalue weighted by Crippen LogP contribution is -2.00. The Bertz CT molecular complexity index is 510. The molecule has 5 nitrogen and oxygen atoms in total.